The Bertz CT molecular complexity index is 206. The topological polar surface area (TPSA) is 52.3 Å². The fraction of sp³-hybridized carbons (Fsp3) is 0.909. The number of carbonyl (C=O) groups is 1. The maximum Gasteiger partial charge on any atom is 0.313 e. The monoisotopic (exact) mass is 201 g/mol. The third-order valence-corrected chi connectivity index (χ3v) is 2.55. The van der Waals surface area contributed by atoms with Crippen LogP contribution in [0.25, 0.3) is 0 Å². The molecule has 2 atom stereocenters. The van der Waals surface area contributed by atoms with Crippen LogP contribution in [-0.2, 0) is 9.53 Å². The van der Waals surface area contributed by atoms with Gasteiger partial charge in [0, 0.05) is 6.04 Å². The standard InChI is InChI=1S/C11H23NO2/c1-8(12)11(5,9(13)14-6)7-10(2,3)4/h8H,7,12H2,1-6H3. The Morgan fingerprint density at radius 1 is 1.36 bits per heavy atom. The van der Waals surface area contributed by atoms with Gasteiger partial charge in [-0.2, -0.15) is 0 Å². The molecule has 0 amide bonds. The van der Waals surface area contributed by atoms with Crippen LogP contribution in [0.3, 0.4) is 0 Å². The number of carbonyl (C=O) groups excluding carboxylic acids is 1. The van der Waals surface area contributed by atoms with Gasteiger partial charge in [0.15, 0.2) is 0 Å². The number of nitrogens with two attached hydrogens (primary N) is 1. The maximum atomic E-state index is 11.7. The van der Waals surface area contributed by atoms with Crippen molar-refractivity contribution in [1.82, 2.24) is 0 Å². The summed E-state index contributed by atoms with van der Waals surface area (Å²) in [5.74, 6) is -0.220. The Kier molecular flexibility index (Phi) is 4.13. The predicted molar refractivity (Wildman–Crippen MR) is 57.8 cm³/mol. The third kappa shape index (κ3) is 3.29. The summed E-state index contributed by atoms with van der Waals surface area (Å²) in [5.41, 5.74) is 5.33. The van der Waals surface area contributed by atoms with Crippen LogP contribution in [0.1, 0.15) is 41.0 Å². The van der Waals surface area contributed by atoms with Crippen LogP contribution in [0, 0.1) is 10.8 Å². The summed E-state index contributed by atoms with van der Waals surface area (Å²) in [6.45, 7) is 10.0. The van der Waals surface area contributed by atoms with Gasteiger partial charge in [-0.25, -0.2) is 0 Å². The molecule has 2 N–H and O–H groups in total. The second kappa shape index (κ2) is 4.30. The highest BCUT2D eigenvalue weighted by Crippen LogP contribution is 2.36. The van der Waals surface area contributed by atoms with Crippen molar-refractivity contribution in [3.63, 3.8) is 0 Å². The van der Waals surface area contributed by atoms with Gasteiger partial charge in [0.05, 0.1) is 12.5 Å². The molecule has 0 radical (unpaired) electrons. The van der Waals surface area contributed by atoms with Gasteiger partial charge in [-0.15, -0.1) is 0 Å². The normalized spacial score (nSPS) is 18.5. The molecular weight excluding hydrogens is 178 g/mol. The molecule has 0 aromatic rings. The highest BCUT2D eigenvalue weighted by molar-refractivity contribution is 5.77. The van der Waals surface area contributed by atoms with Gasteiger partial charge < -0.3 is 10.5 Å². The molecule has 2 unspecified atom stereocenters. The molecule has 0 saturated carbocycles. The molecule has 14 heavy (non-hydrogen) atoms. The first-order valence-electron chi connectivity index (χ1n) is 4.97. The molecule has 0 aromatic carbocycles. The van der Waals surface area contributed by atoms with E-state index in [9.17, 15) is 4.79 Å². The molecule has 0 aromatic heterocycles. The summed E-state index contributed by atoms with van der Waals surface area (Å²) in [6.07, 6.45) is 0.727. The quantitative estimate of drug-likeness (QED) is 0.710. The maximum absolute atomic E-state index is 11.7. The number of ether oxygens (including phenoxy) is 1. The minimum absolute atomic E-state index is 0.0660. The molecule has 0 spiro atoms. The first kappa shape index (κ1) is 13.4. The second-order valence-electron chi connectivity index (χ2n) is 5.44. The van der Waals surface area contributed by atoms with E-state index in [2.05, 4.69) is 20.8 Å². The largest absolute Gasteiger partial charge is 0.469 e. The van der Waals surface area contributed by atoms with Crippen LogP contribution in [0.5, 0.6) is 0 Å². The number of hydrogen-bond donors (Lipinski definition) is 1. The van der Waals surface area contributed by atoms with Crippen molar-refractivity contribution >= 4 is 5.97 Å². The van der Waals surface area contributed by atoms with E-state index < -0.39 is 5.41 Å². The number of methoxy groups -OCH3 is 1. The zero-order valence-electron chi connectivity index (χ0n) is 10.2. The highest BCUT2D eigenvalue weighted by atomic mass is 16.5. The highest BCUT2D eigenvalue weighted by Gasteiger charge is 2.41. The zero-order chi connectivity index (χ0) is 11.6. The molecule has 0 rings (SSSR count). The summed E-state index contributed by atoms with van der Waals surface area (Å²) < 4.78 is 4.80. The number of esters is 1. The molecule has 3 heteroatoms. The molecule has 84 valence electrons. The van der Waals surface area contributed by atoms with Crippen molar-refractivity contribution in [2.45, 2.75) is 47.1 Å². The van der Waals surface area contributed by atoms with E-state index in [0.29, 0.717) is 0 Å². The first-order valence-corrected chi connectivity index (χ1v) is 4.97. The van der Waals surface area contributed by atoms with Crippen molar-refractivity contribution < 1.29 is 9.53 Å². The Balaban J connectivity index is 4.83. The molecule has 0 aliphatic carbocycles. The Morgan fingerprint density at radius 2 is 1.79 bits per heavy atom. The third-order valence-electron chi connectivity index (χ3n) is 2.55. The average Bonchev–Trinajstić information content (AvgIpc) is 1.99. The van der Waals surface area contributed by atoms with Crippen molar-refractivity contribution in [3.8, 4) is 0 Å². The predicted octanol–water partition coefficient (Wildman–Crippen LogP) is 1.95. The van der Waals surface area contributed by atoms with E-state index in [0.717, 1.165) is 6.42 Å². The Hall–Kier alpha value is -0.570. The number of rotatable bonds is 3. The molecule has 3 nitrogen and oxygen atoms in total. The number of hydrogen-bond acceptors (Lipinski definition) is 3. The van der Waals surface area contributed by atoms with Crippen molar-refractivity contribution in [2.75, 3.05) is 7.11 Å². The van der Waals surface area contributed by atoms with Crippen molar-refractivity contribution in [2.24, 2.45) is 16.6 Å². The minimum Gasteiger partial charge on any atom is -0.469 e. The van der Waals surface area contributed by atoms with E-state index in [1.807, 2.05) is 13.8 Å². The lowest BCUT2D eigenvalue weighted by Gasteiger charge is -2.36. The Labute approximate surface area is 87.0 Å². The smallest absolute Gasteiger partial charge is 0.313 e. The van der Waals surface area contributed by atoms with Gasteiger partial charge in [0.25, 0.3) is 0 Å². The van der Waals surface area contributed by atoms with E-state index in [1.54, 1.807) is 0 Å². The van der Waals surface area contributed by atoms with E-state index in [4.69, 9.17) is 10.5 Å². The molecule has 0 aliphatic rings. The lowest BCUT2D eigenvalue weighted by atomic mass is 9.71. The van der Waals surface area contributed by atoms with Gasteiger partial charge in [-0.1, -0.05) is 20.8 Å². The van der Waals surface area contributed by atoms with Gasteiger partial charge >= 0.3 is 5.97 Å². The van der Waals surface area contributed by atoms with Crippen molar-refractivity contribution in [3.05, 3.63) is 0 Å². The minimum atomic E-state index is -0.590. The van der Waals surface area contributed by atoms with E-state index in [1.165, 1.54) is 7.11 Å². The van der Waals surface area contributed by atoms with Crippen molar-refractivity contribution in [1.29, 1.82) is 0 Å². The van der Waals surface area contributed by atoms with Crippen LogP contribution in [0.2, 0.25) is 0 Å². The summed E-state index contributed by atoms with van der Waals surface area (Å²) in [5, 5.41) is 0. The summed E-state index contributed by atoms with van der Waals surface area (Å²) in [6, 6.07) is -0.200. The molecule has 0 aliphatic heterocycles. The molecule has 0 saturated heterocycles. The fourth-order valence-electron chi connectivity index (χ4n) is 1.75. The van der Waals surface area contributed by atoms with Gasteiger partial charge in [0.2, 0.25) is 0 Å². The first-order chi connectivity index (χ1) is 6.13. The van der Waals surface area contributed by atoms with Gasteiger partial charge in [-0.05, 0) is 25.7 Å². The molecule has 0 fully saturated rings. The Morgan fingerprint density at radius 3 is 2.00 bits per heavy atom. The van der Waals surface area contributed by atoms with Crippen LogP contribution < -0.4 is 5.73 Å². The molecule has 0 bridgehead atoms. The molecular formula is C11H23NO2. The zero-order valence-corrected chi connectivity index (χ0v) is 10.2. The lowest BCUT2D eigenvalue weighted by molar-refractivity contribution is -0.154. The lowest BCUT2D eigenvalue weighted by Crippen LogP contribution is -2.46. The summed E-state index contributed by atoms with van der Waals surface area (Å²) >= 11 is 0. The van der Waals surface area contributed by atoms with Gasteiger partial charge in [-0.3, -0.25) is 4.79 Å². The van der Waals surface area contributed by atoms with E-state index in [-0.39, 0.29) is 17.4 Å². The molecule has 0 heterocycles. The summed E-state index contributed by atoms with van der Waals surface area (Å²) in [7, 11) is 1.41. The van der Waals surface area contributed by atoms with Gasteiger partial charge in [0.1, 0.15) is 0 Å². The van der Waals surface area contributed by atoms with Crippen LogP contribution in [0.4, 0.5) is 0 Å². The van der Waals surface area contributed by atoms with E-state index >= 15 is 0 Å². The van der Waals surface area contributed by atoms with Crippen LogP contribution >= 0.6 is 0 Å². The average molecular weight is 201 g/mol. The second-order valence-corrected chi connectivity index (χ2v) is 5.44. The van der Waals surface area contributed by atoms with Crippen LogP contribution in [-0.4, -0.2) is 19.1 Å². The fourth-order valence-corrected chi connectivity index (χ4v) is 1.75. The SMILES string of the molecule is COC(=O)C(C)(CC(C)(C)C)C(C)N. The van der Waals surface area contributed by atoms with Crippen LogP contribution in [0.15, 0.2) is 0 Å². The summed E-state index contributed by atoms with van der Waals surface area (Å²) in [4.78, 5) is 11.7.